The highest BCUT2D eigenvalue weighted by Crippen LogP contribution is 2.18. The molecule has 0 atom stereocenters. The first-order valence-electron chi connectivity index (χ1n) is 7.21. The molecular formula is C18H14N2O3S. The number of aromatic nitrogens is 1. The van der Waals surface area contributed by atoms with Crippen LogP contribution in [0.1, 0.15) is 25.7 Å². The molecule has 0 radical (unpaired) electrons. The van der Waals surface area contributed by atoms with Crippen molar-refractivity contribution >= 4 is 28.9 Å². The smallest absolute Gasteiger partial charge is 0.345 e. The number of carbonyl (C=O) groups excluding carboxylic acids is 2. The average Bonchev–Trinajstić information content (AvgIpc) is 3.12. The lowest BCUT2D eigenvalue weighted by Gasteiger charge is -2.07. The highest BCUT2D eigenvalue weighted by atomic mass is 32.1. The molecule has 0 aliphatic rings. The van der Waals surface area contributed by atoms with Crippen molar-refractivity contribution in [3.63, 3.8) is 0 Å². The molecular weight excluding hydrogens is 324 g/mol. The van der Waals surface area contributed by atoms with Crippen molar-refractivity contribution in [3.05, 3.63) is 76.2 Å². The van der Waals surface area contributed by atoms with Crippen molar-refractivity contribution < 1.29 is 14.3 Å². The van der Waals surface area contributed by atoms with Gasteiger partial charge in [-0.15, -0.1) is 11.3 Å². The van der Waals surface area contributed by atoms with E-state index in [2.05, 4.69) is 10.3 Å². The minimum absolute atomic E-state index is 0.166. The number of thiophene rings is 1. The first kappa shape index (κ1) is 15.9. The number of rotatable bonds is 4. The maximum Gasteiger partial charge on any atom is 0.345 e. The molecule has 5 nitrogen and oxygen atoms in total. The fourth-order valence-corrected chi connectivity index (χ4v) is 2.58. The fraction of sp³-hybridized carbons (Fsp3) is 0.0556. The van der Waals surface area contributed by atoms with Crippen LogP contribution in [0.3, 0.4) is 0 Å². The molecule has 6 heteroatoms. The maximum atomic E-state index is 12.0. The van der Waals surface area contributed by atoms with E-state index in [0.29, 0.717) is 21.9 Å². The van der Waals surface area contributed by atoms with Gasteiger partial charge in [0.05, 0.1) is 10.4 Å². The van der Waals surface area contributed by atoms with Crippen LogP contribution >= 0.6 is 11.3 Å². The molecule has 0 aliphatic carbocycles. The van der Waals surface area contributed by atoms with Crippen LogP contribution in [0.25, 0.3) is 0 Å². The van der Waals surface area contributed by atoms with Gasteiger partial charge in [0.1, 0.15) is 5.75 Å². The number of carbonyl (C=O) groups is 2. The number of anilines is 1. The summed E-state index contributed by atoms with van der Waals surface area (Å²) in [6.45, 7) is 1.85. The normalized spacial score (nSPS) is 10.2. The Labute approximate surface area is 142 Å². The van der Waals surface area contributed by atoms with E-state index in [1.165, 1.54) is 17.5 Å². The molecule has 0 saturated carbocycles. The standard InChI is InChI=1S/C18H14N2O3S/c1-12-4-5-13(11-19-12)18(22)23-15-8-6-14(7-9-15)20-17(21)16-3-2-10-24-16/h2-11H,1H3,(H,20,21). The SMILES string of the molecule is Cc1ccc(C(=O)Oc2ccc(NC(=O)c3cccs3)cc2)cn1. The second kappa shape index (κ2) is 7.06. The Morgan fingerprint density at radius 2 is 1.88 bits per heavy atom. The maximum absolute atomic E-state index is 12.0. The minimum Gasteiger partial charge on any atom is -0.423 e. The zero-order valence-corrected chi connectivity index (χ0v) is 13.7. The van der Waals surface area contributed by atoms with Crippen LogP contribution in [-0.4, -0.2) is 16.9 Å². The van der Waals surface area contributed by atoms with Crippen molar-refractivity contribution in [1.29, 1.82) is 0 Å². The van der Waals surface area contributed by atoms with Crippen molar-refractivity contribution in [2.75, 3.05) is 5.32 Å². The third kappa shape index (κ3) is 3.85. The summed E-state index contributed by atoms with van der Waals surface area (Å²) < 4.78 is 5.28. The van der Waals surface area contributed by atoms with Gasteiger partial charge in [-0.3, -0.25) is 9.78 Å². The number of ether oxygens (including phenoxy) is 1. The second-order valence-electron chi connectivity index (χ2n) is 5.03. The number of pyridine rings is 1. The highest BCUT2D eigenvalue weighted by molar-refractivity contribution is 7.12. The van der Waals surface area contributed by atoms with Crippen LogP contribution in [0.5, 0.6) is 5.75 Å². The van der Waals surface area contributed by atoms with Crippen molar-refractivity contribution in [2.24, 2.45) is 0 Å². The molecule has 0 fully saturated rings. The molecule has 3 rings (SSSR count). The molecule has 0 spiro atoms. The van der Waals surface area contributed by atoms with Gasteiger partial charge < -0.3 is 10.1 Å². The average molecular weight is 338 g/mol. The number of hydrogen-bond acceptors (Lipinski definition) is 5. The molecule has 0 aliphatic heterocycles. The monoisotopic (exact) mass is 338 g/mol. The quantitative estimate of drug-likeness (QED) is 0.578. The Balaban J connectivity index is 1.63. The summed E-state index contributed by atoms with van der Waals surface area (Å²) in [5.41, 5.74) is 1.85. The topological polar surface area (TPSA) is 68.3 Å². The molecule has 1 aromatic carbocycles. The van der Waals surface area contributed by atoms with E-state index in [1.807, 2.05) is 18.4 Å². The van der Waals surface area contributed by atoms with Crippen LogP contribution in [0.15, 0.2) is 60.1 Å². The highest BCUT2D eigenvalue weighted by Gasteiger charge is 2.10. The van der Waals surface area contributed by atoms with E-state index >= 15 is 0 Å². The first-order valence-corrected chi connectivity index (χ1v) is 8.09. The molecule has 3 aromatic rings. The van der Waals surface area contributed by atoms with E-state index in [4.69, 9.17) is 4.74 Å². The Morgan fingerprint density at radius 1 is 1.08 bits per heavy atom. The predicted octanol–water partition coefficient (Wildman–Crippen LogP) is 3.92. The minimum atomic E-state index is -0.474. The van der Waals surface area contributed by atoms with Crippen LogP contribution in [0, 0.1) is 6.92 Å². The van der Waals surface area contributed by atoms with Crippen LogP contribution in [0.4, 0.5) is 5.69 Å². The van der Waals surface area contributed by atoms with Gasteiger partial charge in [0.25, 0.3) is 5.91 Å². The van der Waals surface area contributed by atoms with Crippen molar-refractivity contribution in [2.45, 2.75) is 6.92 Å². The number of nitrogens with one attached hydrogen (secondary N) is 1. The van der Waals surface area contributed by atoms with Gasteiger partial charge in [0.2, 0.25) is 0 Å². The lowest BCUT2D eigenvalue weighted by molar-refractivity contribution is 0.0734. The van der Waals surface area contributed by atoms with Gasteiger partial charge in [-0.1, -0.05) is 6.07 Å². The number of amides is 1. The number of esters is 1. The summed E-state index contributed by atoms with van der Waals surface area (Å²) in [4.78, 5) is 28.7. The summed E-state index contributed by atoms with van der Waals surface area (Å²) in [6, 6.07) is 13.6. The summed E-state index contributed by atoms with van der Waals surface area (Å²) >= 11 is 1.37. The Bertz CT molecular complexity index is 841. The van der Waals surface area contributed by atoms with Crippen molar-refractivity contribution in [1.82, 2.24) is 4.98 Å². The largest absolute Gasteiger partial charge is 0.423 e. The molecule has 0 saturated heterocycles. The zero-order chi connectivity index (χ0) is 16.9. The molecule has 0 unspecified atom stereocenters. The number of nitrogens with zero attached hydrogens (tertiary/aromatic N) is 1. The summed E-state index contributed by atoms with van der Waals surface area (Å²) in [5.74, 6) is -0.243. The Kier molecular flexibility index (Phi) is 4.67. The van der Waals surface area contributed by atoms with Crippen LogP contribution < -0.4 is 10.1 Å². The van der Waals surface area contributed by atoms with Gasteiger partial charge >= 0.3 is 5.97 Å². The van der Waals surface area contributed by atoms with Crippen molar-refractivity contribution in [3.8, 4) is 5.75 Å². The molecule has 1 amide bonds. The van der Waals surface area contributed by atoms with Crippen LogP contribution in [-0.2, 0) is 0 Å². The molecule has 2 aromatic heterocycles. The third-order valence-corrected chi connectivity index (χ3v) is 4.08. The van der Waals surface area contributed by atoms with Gasteiger partial charge in [-0.2, -0.15) is 0 Å². The second-order valence-corrected chi connectivity index (χ2v) is 5.98. The van der Waals surface area contributed by atoms with E-state index in [0.717, 1.165) is 5.69 Å². The van der Waals surface area contributed by atoms with Gasteiger partial charge in [-0.05, 0) is 54.8 Å². The van der Waals surface area contributed by atoms with E-state index in [1.54, 1.807) is 42.5 Å². The zero-order valence-electron chi connectivity index (χ0n) is 12.9. The Hall–Kier alpha value is -2.99. The predicted molar refractivity (Wildman–Crippen MR) is 92.6 cm³/mol. The summed E-state index contributed by atoms with van der Waals surface area (Å²) in [6.07, 6.45) is 1.48. The lowest BCUT2D eigenvalue weighted by Crippen LogP contribution is -2.11. The summed E-state index contributed by atoms with van der Waals surface area (Å²) in [5, 5.41) is 4.63. The molecule has 1 N–H and O–H groups in total. The Morgan fingerprint density at radius 3 is 2.50 bits per heavy atom. The number of aryl methyl sites for hydroxylation is 1. The van der Waals surface area contributed by atoms with Gasteiger partial charge in [-0.25, -0.2) is 4.79 Å². The molecule has 24 heavy (non-hydrogen) atoms. The van der Waals surface area contributed by atoms with E-state index in [-0.39, 0.29) is 5.91 Å². The fourth-order valence-electron chi connectivity index (χ4n) is 1.96. The van der Waals surface area contributed by atoms with Crippen LogP contribution in [0.2, 0.25) is 0 Å². The van der Waals surface area contributed by atoms with Gasteiger partial charge in [0, 0.05) is 17.6 Å². The first-order chi connectivity index (χ1) is 11.6. The molecule has 0 bridgehead atoms. The van der Waals surface area contributed by atoms with E-state index < -0.39 is 5.97 Å². The number of benzene rings is 1. The van der Waals surface area contributed by atoms with Gasteiger partial charge in [0.15, 0.2) is 0 Å². The molecule has 120 valence electrons. The lowest BCUT2D eigenvalue weighted by atomic mass is 10.2. The summed E-state index contributed by atoms with van der Waals surface area (Å²) in [7, 11) is 0. The van der Waals surface area contributed by atoms with E-state index in [9.17, 15) is 9.59 Å². The molecule has 2 heterocycles. The number of hydrogen-bond donors (Lipinski definition) is 1. The third-order valence-electron chi connectivity index (χ3n) is 3.21.